The first-order valence-corrected chi connectivity index (χ1v) is 7.10. The van der Waals surface area contributed by atoms with Crippen LogP contribution < -0.4 is 10.6 Å². The number of aliphatic imine (C=N–C) groups is 1. The van der Waals surface area contributed by atoms with Gasteiger partial charge in [0.2, 0.25) is 0 Å². The van der Waals surface area contributed by atoms with Gasteiger partial charge in [-0.3, -0.25) is 4.99 Å². The van der Waals surface area contributed by atoms with Crippen molar-refractivity contribution in [3.63, 3.8) is 0 Å². The summed E-state index contributed by atoms with van der Waals surface area (Å²) in [6.45, 7) is 6.28. The van der Waals surface area contributed by atoms with Crippen LogP contribution in [0.15, 0.2) is 4.99 Å². The van der Waals surface area contributed by atoms with Crippen molar-refractivity contribution in [1.29, 1.82) is 0 Å². The molecule has 2 atom stereocenters. The van der Waals surface area contributed by atoms with E-state index < -0.39 is 0 Å². The summed E-state index contributed by atoms with van der Waals surface area (Å²) in [4.78, 5) is 6.53. The number of ether oxygens (including phenoxy) is 2. The molecule has 2 fully saturated rings. The fourth-order valence-corrected chi connectivity index (χ4v) is 2.41. The van der Waals surface area contributed by atoms with Crippen molar-refractivity contribution in [2.75, 3.05) is 60.1 Å². The molecule has 0 aromatic carbocycles. The smallest absolute Gasteiger partial charge is 0.191 e. The van der Waals surface area contributed by atoms with Crippen molar-refractivity contribution in [2.24, 2.45) is 10.9 Å². The van der Waals surface area contributed by atoms with Crippen LogP contribution in [0.25, 0.3) is 0 Å². The van der Waals surface area contributed by atoms with E-state index >= 15 is 0 Å². The molecule has 0 aliphatic carbocycles. The highest BCUT2D eigenvalue weighted by molar-refractivity contribution is 14.0. The van der Waals surface area contributed by atoms with Gasteiger partial charge in [-0.1, -0.05) is 0 Å². The van der Waals surface area contributed by atoms with Crippen molar-refractivity contribution in [3.8, 4) is 0 Å². The zero-order valence-electron chi connectivity index (χ0n) is 12.4. The predicted molar refractivity (Wildman–Crippen MR) is 90.9 cm³/mol. The maximum atomic E-state index is 5.71. The van der Waals surface area contributed by atoms with Gasteiger partial charge in [0.25, 0.3) is 0 Å². The molecule has 0 aromatic heterocycles. The zero-order chi connectivity index (χ0) is 13.5. The summed E-state index contributed by atoms with van der Waals surface area (Å²) in [5.41, 5.74) is 0. The van der Waals surface area contributed by atoms with Gasteiger partial charge in [0.1, 0.15) is 0 Å². The summed E-state index contributed by atoms with van der Waals surface area (Å²) in [5, 5.41) is 6.68. The highest BCUT2D eigenvalue weighted by Gasteiger charge is 2.18. The van der Waals surface area contributed by atoms with E-state index in [1.54, 1.807) is 7.05 Å². The SMILES string of the molecule is CN=C(NCC1CCOC1)NCC1CN(C)CCO1.I. The number of guanidine groups is 1. The van der Waals surface area contributed by atoms with E-state index in [1.165, 1.54) is 0 Å². The second kappa shape index (κ2) is 9.75. The van der Waals surface area contributed by atoms with Crippen LogP contribution in [0.2, 0.25) is 0 Å². The lowest BCUT2D eigenvalue weighted by atomic mass is 10.1. The molecule has 0 bridgehead atoms. The molecule has 7 heteroatoms. The zero-order valence-corrected chi connectivity index (χ0v) is 14.8. The van der Waals surface area contributed by atoms with Crippen LogP contribution in [0.5, 0.6) is 0 Å². The molecule has 2 rings (SSSR count). The fourth-order valence-electron chi connectivity index (χ4n) is 2.41. The summed E-state index contributed by atoms with van der Waals surface area (Å²) in [6.07, 6.45) is 1.38. The normalized spacial score (nSPS) is 28.0. The number of hydrogen-bond acceptors (Lipinski definition) is 4. The third-order valence-corrected chi connectivity index (χ3v) is 3.64. The molecule has 20 heavy (non-hydrogen) atoms. The predicted octanol–water partition coefficient (Wildman–Crippen LogP) is 0.137. The summed E-state index contributed by atoms with van der Waals surface area (Å²) in [7, 11) is 3.93. The first-order valence-electron chi connectivity index (χ1n) is 7.10. The monoisotopic (exact) mass is 398 g/mol. The number of halogens is 1. The van der Waals surface area contributed by atoms with Gasteiger partial charge in [0, 0.05) is 45.8 Å². The molecular formula is C13H27IN4O2. The molecule has 0 amide bonds. The molecule has 0 saturated carbocycles. The summed E-state index contributed by atoms with van der Waals surface area (Å²) < 4.78 is 11.1. The molecule has 2 aliphatic rings. The van der Waals surface area contributed by atoms with E-state index in [0.717, 1.165) is 58.4 Å². The summed E-state index contributed by atoms with van der Waals surface area (Å²) >= 11 is 0. The van der Waals surface area contributed by atoms with Gasteiger partial charge in [-0.25, -0.2) is 0 Å². The van der Waals surface area contributed by atoms with E-state index in [0.29, 0.717) is 5.92 Å². The largest absolute Gasteiger partial charge is 0.381 e. The Kier molecular flexibility index (Phi) is 8.74. The first-order chi connectivity index (χ1) is 9.28. The van der Waals surface area contributed by atoms with Crippen LogP contribution in [0.1, 0.15) is 6.42 Å². The third kappa shape index (κ3) is 6.11. The molecule has 2 N–H and O–H groups in total. The van der Waals surface area contributed by atoms with Crippen LogP contribution in [0.4, 0.5) is 0 Å². The Morgan fingerprint density at radius 3 is 2.75 bits per heavy atom. The van der Waals surface area contributed by atoms with Gasteiger partial charge in [0.15, 0.2) is 5.96 Å². The Morgan fingerprint density at radius 2 is 2.10 bits per heavy atom. The van der Waals surface area contributed by atoms with Gasteiger partial charge in [-0.05, 0) is 13.5 Å². The van der Waals surface area contributed by atoms with E-state index in [1.807, 2.05) is 0 Å². The average Bonchev–Trinajstić information content (AvgIpc) is 2.92. The minimum atomic E-state index is 0. The molecule has 0 radical (unpaired) electrons. The third-order valence-electron chi connectivity index (χ3n) is 3.64. The lowest BCUT2D eigenvalue weighted by Crippen LogP contribution is -2.48. The molecule has 2 heterocycles. The molecule has 2 unspecified atom stereocenters. The van der Waals surface area contributed by atoms with E-state index in [-0.39, 0.29) is 30.1 Å². The van der Waals surface area contributed by atoms with Crippen LogP contribution >= 0.6 is 24.0 Å². The second-order valence-electron chi connectivity index (χ2n) is 5.32. The molecule has 2 aliphatic heterocycles. The lowest BCUT2D eigenvalue weighted by Gasteiger charge is -2.30. The van der Waals surface area contributed by atoms with Crippen molar-refractivity contribution < 1.29 is 9.47 Å². The highest BCUT2D eigenvalue weighted by atomic mass is 127. The minimum Gasteiger partial charge on any atom is -0.381 e. The van der Waals surface area contributed by atoms with Crippen molar-refractivity contribution in [2.45, 2.75) is 12.5 Å². The van der Waals surface area contributed by atoms with Crippen LogP contribution in [0.3, 0.4) is 0 Å². The Morgan fingerprint density at radius 1 is 1.30 bits per heavy atom. The first kappa shape index (κ1) is 17.9. The highest BCUT2D eigenvalue weighted by Crippen LogP contribution is 2.10. The maximum absolute atomic E-state index is 5.71. The lowest BCUT2D eigenvalue weighted by molar-refractivity contribution is -0.0161. The van der Waals surface area contributed by atoms with E-state index in [2.05, 4.69) is 27.6 Å². The van der Waals surface area contributed by atoms with Crippen LogP contribution in [-0.4, -0.2) is 77.1 Å². The summed E-state index contributed by atoms with van der Waals surface area (Å²) in [6, 6.07) is 0. The molecular weight excluding hydrogens is 371 g/mol. The Labute approximate surface area is 138 Å². The molecule has 2 saturated heterocycles. The number of nitrogens with one attached hydrogen (secondary N) is 2. The fraction of sp³-hybridized carbons (Fsp3) is 0.923. The maximum Gasteiger partial charge on any atom is 0.191 e. The van der Waals surface area contributed by atoms with Crippen LogP contribution in [-0.2, 0) is 9.47 Å². The van der Waals surface area contributed by atoms with Crippen LogP contribution in [0, 0.1) is 5.92 Å². The second-order valence-corrected chi connectivity index (χ2v) is 5.32. The number of morpholine rings is 1. The van der Waals surface area contributed by atoms with Crippen molar-refractivity contribution >= 4 is 29.9 Å². The number of nitrogens with zero attached hydrogens (tertiary/aromatic N) is 2. The van der Waals surface area contributed by atoms with E-state index in [4.69, 9.17) is 9.47 Å². The molecule has 0 spiro atoms. The average molecular weight is 398 g/mol. The topological polar surface area (TPSA) is 58.1 Å². The van der Waals surface area contributed by atoms with E-state index in [9.17, 15) is 0 Å². The van der Waals surface area contributed by atoms with Gasteiger partial charge in [0.05, 0.1) is 19.3 Å². The molecule has 6 nitrogen and oxygen atoms in total. The van der Waals surface area contributed by atoms with Gasteiger partial charge < -0.3 is 25.0 Å². The Hall–Kier alpha value is -0.120. The van der Waals surface area contributed by atoms with Gasteiger partial charge in [-0.15, -0.1) is 24.0 Å². The minimum absolute atomic E-state index is 0. The van der Waals surface area contributed by atoms with Gasteiger partial charge >= 0.3 is 0 Å². The van der Waals surface area contributed by atoms with Gasteiger partial charge in [-0.2, -0.15) is 0 Å². The quantitative estimate of drug-likeness (QED) is 0.401. The number of likely N-dealkylation sites (N-methyl/N-ethyl adjacent to an activating group) is 1. The standard InChI is InChI=1S/C13H26N4O2.HI/c1-14-13(15-7-11-3-5-18-10-11)16-8-12-9-17(2)4-6-19-12;/h11-12H,3-10H2,1-2H3,(H2,14,15,16);1H. The Bertz CT molecular complexity index is 298. The number of hydrogen-bond donors (Lipinski definition) is 2. The molecule has 0 aromatic rings. The summed E-state index contributed by atoms with van der Waals surface area (Å²) in [5.74, 6) is 1.46. The Balaban J connectivity index is 0.00000200. The number of rotatable bonds is 4. The van der Waals surface area contributed by atoms with Crippen molar-refractivity contribution in [3.05, 3.63) is 0 Å². The van der Waals surface area contributed by atoms with Crippen molar-refractivity contribution in [1.82, 2.24) is 15.5 Å². The molecule has 118 valence electrons.